The van der Waals surface area contributed by atoms with Crippen molar-refractivity contribution in [2.45, 2.75) is 6.92 Å². The van der Waals surface area contributed by atoms with Crippen molar-refractivity contribution in [3.8, 4) is 11.3 Å². The van der Waals surface area contributed by atoms with Gasteiger partial charge in [-0.2, -0.15) is 0 Å². The smallest absolute Gasteiger partial charge is 0.0844 e. The second kappa shape index (κ2) is 3.93. The fourth-order valence-electron chi connectivity index (χ4n) is 1.34. The van der Waals surface area contributed by atoms with Gasteiger partial charge in [-0.05, 0) is 34.5 Å². The van der Waals surface area contributed by atoms with Crippen LogP contribution in [-0.4, -0.2) is 4.98 Å². The van der Waals surface area contributed by atoms with Crippen molar-refractivity contribution in [1.82, 2.24) is 4.98 Å². The van der Waals surface area contributed by atoms with E-state index in [-0.39, 0.29) is 0 Å². The number of hydrogen-bond acceptors (Lipinski definition) is 1. The second-order valence-corrected chi connectivity index (χ2v) is 4.06. The lowest BCUT2D eigenvalue weighted by Crippen LogP contribution is -1.85. The highest BCUT2D eigenvalue weighted by Crippen LogP contribution is 2.25. The Bertz CT molecular complexity index is 437. The predicted octanol–water partition coefficient (Wildman–Crippen LogP) is 3.82. The Morgan fingerprint density at radius 1 is 1.14 bits per heavy atom. The molecule has 2 heteroatoms. The molecule has 1 aromatic heterocycles. The number of benzene rings is 1. The van der Waals surface area contributed by atoms with E-state index in [1.54, 1.807) is 0 Å². The van der Waals surface area contributed by atoms with Gasteiger partial charge >= 0.3 is 0 Å². The molecule has 0 bridgehead atoms. The molecule has 0 saturated carbocycles. The van der Waals surface area contributed by atoms with Crippen LogP contribution in [0, 0.1) is 6.92 Å². The zero-order chi connectivity index (χ0) is 9.97. The van der Waals surface area contributed by atoms with Crippen LogP contribution >= 0.6 is 15.9 Å². The average Bonchev–Trinajstić information content (AvgIpc) is 2.19. The van der Waals surface area contributed by atoms with Gasteiger partial charge in [-0.15, -0.1) is 0 Å². The van der Waals surface area contributed by atoms with Gasteiger partial charge in [0.15, 0.2) is 0 Å². The first kappa shape index (κ1) is 9.41. The molecule has 2 aromatic rings. The summed E-state index contributed by atoms with van der Waals surface area (Å²) < 4.78 is 1.05. The van der Waals surface area contributed by atoms with Gasteiger partial charge in [0.25, 0.3) is 0 Å². The van der Waals surface area contributed by atoms with E-state index in [1.807, 2.05) is 31.3 Å². The van der Waals surface area contributed by atoms with E-state index in [0.717, 1.165) is 21.3 Å². The zero-order valence-electron chi connectivity index (χ0n) is 7.87. The topological polar surface area (TPSA) is 12.9 Å². The molecule has 1 aromatic carbocycles. The summed E-state index contributed by atoms with van der Waals surface area (Å²) in [6.07, 6.45) is 1.88. The number of nitrogens with zero attached hydrogens (tertiary/aromatic N) is 1. The first-order valence-corrected chi connectivity index (χ1v) is 5.24. The van der Waals surface area contributed by atoms with Gasteiger partial charge in [0.2, 0.25) is 0 Å². The molecule has 0 saturated heterocycles. The monoisotopic (exact) mass is 247 g/mol. The molecule has 1 heterocycles. The number of aryl methyl sites for hydroxylation is 1. The largest absolute Gasteiger partial charge is 0.255 e. The zero-order valence-corrected chi connectivity index (χ0v) is 9.45. The summed E-state index contributed by atoms with van der Waals surface area (Å²) in [5.41, 5.74) is 3.30. The maximum absolute atomic E-state index is 4.40. The molecule has 0 fully saturated rings. The Hall–Kier alpha value is -1.15. The summed E-state index contributed by atoms with van der Waals surface area (Å²) in [6, 6.07) is 12.2. The van der Waals surface area contributed by atoms with E-state index in [9.17, 15) is 0 Å². The molecule has 14 heavy (non-hydrogen) atoms. The van der Waals surface area contributed by atoms with Crippen LogP contribution in [0.1, 0.15) is 5.56 Å². The number of pyridine rings is 1. The summed E-state index contributed by atoms with van der Waals surface area (Å²) in [4.78, 5) is 4.40. The number of halogens is 1. The Morgan fingerprint density at radius 2 is 1.86 bits per heavy atom. The van der Waals surface area contributed by atoms with Crippen molar-refractivity contribution >= 4 is 15.9 Å². The van der Waals surface area contributed by atoms with E-state index >= 15 is 0 Å². The van der Waals surface area contributed by atoms with Crippen LogP contribution in [-0.2, 0) is 0 Å². The van der Waals surface area contributed by atoms with Crippen molar-refractivity contribution in [2.75, 3.05) is 0 Å². The van der Waals surface area contributed by atoms with Crippen molar-refractivity contribution in [3.63, 3.8) is 0 Å². The fourth-order valence-corrected chi connectivity index (χ4v) is 2.03. The van der Waals surface area contributed by atoms with E-state index in [0.29, 0.717) is 0 Å². The molecular weight excluding hydrogens is 238 g/mol. The van der Waals surface area contributed by atoms with Crippen LogP contribution in [0.15, 0.2) is 47.1 Å². The van der Waals surface area contributed by atoms with Gasteiger partial charge in [0.1, 0.15) is 0 Å². The minimum Gasteiger partial charge on any atom is -0.255 e. The third-order valence-electron chi connectivity index (χ3n) is 2.03. The van der Waals surface area contributed by atoms with Crippen LogP contribution in [0.3, 0.4) is 0 Å². The molecule has 0 N–H and O–H groups in total. The molecule has 0 aliphatic rings. The van der Waals surface area contributed by atoms with Crippen molar-refractivity contribution in [2.24, 2.45) is 0 Å². The standard InChI is InChI=1S/C12H10BrN/c1-9-7-11(13)12(14-8-9)10-5-3-2-4-6-10/h2-8H,1H3. The number of aromatic nitrogens is 1. The maximum atomic E-state index is 4.40. The second-order valence-electron chi connectivity index (χ2n) is 3.21. The van der Waals surface area contributed by atoms with Gasteiger partial charge < -0.3 is 0 Å². The molecule has 0 amide bonds. The quantitative estimate of drug-likeness (QED) is 0.747. The normalized spacial score (nSPS) is 10.1. The van der Waals surface area contributed by atoms with E-state index in [4.69, 9.17) is 0 Å². The lowest BCUT2D eigenvalue weighted by molar-refractivity contribution is 1.25. The van der Waals surface area contributed by atoms with Crippen LogP contribution < -0.4 is 0 Å². The molecule has 0 aliphatic carbocycles. The summed E-state index contributed by atoms with van der Waals surface area (Å²) in [5.74, 6) is 0. The minimum absolute atomic E-state index is 0.996. The van der Waals surface area contributed by atoms with Gasteiger partial charge in [-0.1, -0.05) is 30.3 Å². The van der Waals surface area contributed by atoms with E-state index in [2.05, 4.69) is 39.1 Å². The maximum Gasteiger partial charge on any atom is 0.0844 e. The molecule has 0 spiro atoms. The first-order valence-electron chi connectivity index (χ1n) is 4.45. The van der Waals surface area contributed by atoms with Gasteiger partial charge in [-0.3, -0.25) is 4.98 Å². The average molecular weight is 248 g/mol. The predicted molar refractivity (Wildman–Crippen MR) is 62.1 cm³/mol. The highest BCUT2D eigenvalue weighted by atomic mass is 79.9. The van der Waals surface area contributed by atoms with Crippen molar-refractivity contribution in [1.29, 1.82) is 0 Å². The van der Waals surface area contributed by atoms with Crippen molar-refractivity contribution in [3.05, 3.63) is 52.6 Å². The Balaban J connectivity index is 2.53. The van der Waals surface area contributed by atoms with E-state index < -0.39 is 0 Å². The van der Waals surface area contributed by atoms with Crippen LogP contribution in [0.25, 0.3) is 11.3 Å². The van der Waals surface area contributed by atoms with Gasteiger partial charge in [0, 0.05) is 16.2 Å². The number of hydrogen-bond donors (Lipinski definition) is 0. The lowest BCUT2D eigenvalue weighted by atomic mass is 10.1. The molecule has 0 aliphatic heterocycles. The van der Waals surface area contributed by atoms with Gasteiger partial charge in [0.05, 0.1) is 5.69 Å². The SMILES string of the molecule is Cc1cnc(-c2ccccc2)c(Br)c1. The molecular formula is C12H10BrN. The molecule has 70 valence electrons. The van der Waals surface area contributed by atoms with Crippen LogP contribution in [0.5, 0.6) is 0 Å². The molecule has 0 radical (unpaired) electrons. The Morgan fingerprint density at radius 3 is 2.50 bits per heavy atom. The summed E-state index contributed by atoms with van der Waals surface area (Å²) in [5, 5.41) is 0. The third-order valence-corrected chi connectivity index (χ3v) is 2.63. The Labute approximate surface area is 91.9 Å². The van der Waals surface area contributed by atoms with E-state index in [1.165, 1.54) is 0 Å². The summed E-state index contributed by atoms with van der Waals surface area (Å²) >= 11 is 3.52. The van der Waals surface area contributed by atoms with Gasteiger partial charge in [-0.25, -0.2) is 0 Å². The fraction of sp³-hybridized carbons (Fsp3) is 0.0833. The minimum atomic E-state index is 0.996. The highest BCUT2D eigenvalue weighted by Gasteiger charge is 2.03. The first-order chi connectivity index (χ1) is 6.77. The highest BCUT2D eigenvalue weighted by molar-refractivity contribution is 9.10. The van der Waals surface area contributed by atoms with Crippen LogP contribution in [0.2, 0.25) is 0 Å². The molecule has 0 unspecified atom stereocenters. The molecule has 2 rings (SSSR count). The summed E-state index contributed by atoms with van der Waals surface area (Å²) in [6.45, 7) is 2.03. The lowest BCUT2D eigenvalue weighted by Gasteiger charge is -2.03. The molecule has 1 nitrogen and oxygen atoms in total. The van der Waals surface area contributed by atoms with Crippen molar-refractivity contribution < 1.29 is 0 Å². The molecule has 0 atom stereocenters. The number of rotatable bonds is 1. The Kier molecular flexibility index (Phi) is 2.64. The van der Waals surface area contributed by atoms with Crippen LogP contribution in [0.4, 0.5) is 0 Å². The summed E-state index contributed by atoms with van der Waals surface area (Å²) in [7, 11) is 0. The third kappa shape index (κ3) is 1.85.